The molecule has 146 valence electrons. The van der Waals surface area contributed by atoms with Crippen LogP contribution in [-0.4, -0.2) is 41.8 Å². The zero-order valence-corrected chi connectivity index (χ0v) is 16.2. The molecule has 2 aliphatic rings. The maximum Gasteiger partial charge on any atom is 0.409 e. The van der Waals surface area contributed by atoms with Gasteiger partial charge in [0.05, 0.1) is 5.92 Å². The lowest BCUT2D eigenvalue weighted by Gasteiger charge is -2.38. The smallest absolute Gasteiger partial charge is 0.409 e. The molecule has 2 atom stereocenters. The maximum atomic E-state index is 12.7. The minimum atomic E-state index is -0.785. The van der Waals surface area contributed by atoms with Crippen molar-refractivity contribution >= 4 is 12.1 Å². The van der Waals surface area contributed by atoms with Crippen LogP contribution >= 0.6 is 0 Å². The Morgan fingerprint density at radius 2 is 1.46 bits per heavy atom. The third kappa shape index (κ3) is 3.15. The molecule has 0 spiro atoms. The van der Waals surface area contributed by atoms with Gasteiger partial charge in [-0.05, 0) is 34.1 Å². The number of carboxylic acids is 1. The van der Waals surface area contributed by atoms with Gasteiger partial charge in [0, 0.05) is 19.0 Å². The van der Waals surface area contributed by atoms with E-state index in [0.717, 1.165) is 0 Å². The van der Waals surface area contributed by atoms with Gasteiger partial charge in [-0.2, -0.15) is 0 Å². The first kappa shape index (κ1) is 18.5. The summed E-state index contributed by atoms with van der Waals surface area (Å²) in [4.78, 5) is 25.8. The van der Waals surface area contributed by atoms with Gasteiger partial charge in [-0.3, -0.25) is 4.79 Å². The van der Waals surface area contributed by atoms with E-state index < -0.39 is 11.9 Å². The lowest BCUT2D eigenvalue weighted by atomic mass is 9.80. The number of piperidine rings is 1. The Kier molecular flexibility index (Phi) is 4.84. The van der Waals surface area contributed by atoms with Gasteiger partial charge in [-0.25, -0.2) is 4.79 Å². The number of carbonyl (C=O) groups excluding carboxylic acids is 1. The molecule has 5 nitrogen and oxygen atoms in total. The van der Waals surface area contributed by atoms with Crippen LogP contribution in [0.25, 0.3) is 11.1 Å². The second kappa shape index (κ2) is 7.30. The van der Waals surface area contributed by atoms with Crippen molar-refractivity contribution in [2.24, 2.45) is 17.8 Å². The number of likely N-dealkylation sites (tertiary alicyclic amines) is 1. The average molecular weight is 379 g/mol. The highest BCUT2D eigenvalue weighted by molar-refractivity contribution is 5.79. The van der Waals surface area contributed by atoms with E-state index in [1.807, 2.05) is 38.1 Å². The second-order valence-electron chi connectivity index (χ2n) is 8.03. The van der Waals surface area contributed by atoms with Crippen LogP contribution in [0.5, 0.6) is 0 Å². The quantitative estimate of drug-likeness (QED) is 0.867. The average Bonchev–Trinajstić information content (AvgIpc) is 2.99. The molecule has 28 heavy (non-hydrogen) atoms. The van der Waals surface area contributed by atoms with Crippen molar-refractivity contribution in [1.29, 1.82) is 0 Å². The van der Waals surface area contributed by atoms with Gasteiger partial charge in [0.15, 0.2) is 0 Å². The van der Waals surface area contributed by atoms with Crippen molar-refractivity contribution in [2.75, 3.05) is 19.7 Å². The number of amides is 1. The molecule has 1 fully saturated rings. The molecule has 1 amide bonds. The summed E-state index contributed by atoms with van der Waals surface area (Å²) in [5.41, 5.74) is 4.76. The molecule has 2 aromatic carbocycles. The van der Waals surface area contributed by atoms with Crippen molar-refractivity contribution in [3.63, 3.8) is 0 Å². The third-order valence-electron chi connectivity index (χ3n) is 6.12. The number of carbonyl (C=O) groups is 2. The van der Waals surface area contributed by atoms with Crippen molar-refractivity contribution in [1.82, 2.24) is 4.90 Å². The van der Waals surface area contributed by atoms with Crippen LogP contribution in [0.3, 0.4) is 0 Å². The fourth-order valence-corrected chi connectivity index (χ4v) is 4.88. The lowest BCUT2D eigenvalue weighted by molar-refractivity contribution is -0.147. The summed E-state index contributed by atoms with van der Waals surface area (Å²) in [6.07, 6.45) is -0.357. The van der Waals surface area contributed by atoms with Crippen LogP contribution in [0.2, 0.25) is 0 Å². The van der Waals surface area contributed by atoms with Crippen LogP contribution in [0.15, 0.2) is 48.5 Å². The summed E-state index contributed by atoms with van der Waals surface area (Å²) in [5, 5.41) is 9.40. The van der Waals surface area contributed by atoms with Crippen molar-refractivity contribution < 1.29 is 19.4 Å². The van der Waals surface area contributed by atoms with Gasteiger partial charge < -0.3 is 14.7 Å². The predicted molar refractivity (Wildman–Crippen MR) is 106 cm³/mol. The fourth-order valence-electron chi connectivity index (χ4n) is 4.88. The highest BCUT2D eigenvalue weighted by atomic mass is 16.6. The van der Waals surface area contributed by atoms with Gasteiger partial charge in [-0.15, -0.1) is 0 Å². The van der Waals surface area contributed by atoms with Gasteiger partial charge in [0.25, 0.3) is 0 Å². The van der Waals surface area contributed by atoms with E-state index in [1.54, 1.807) is 4.90 Å². The van der Waals surface area contributed by atoms with Crippen LogP contribution < -0.4 is 0 Å². The molecule has 1 aliphatic carbocycles. The molecule has 0 aromatic heterocycles. The molecule has 1 aliphatic heterocycles. The predicted octanol–water partition coefficient (Wildman–Crippen LogP) is 4.22. The number of ether oxygens (including phenoxy) is 1. The van der Waals surface area contributed by atoms with E-state index in [4.69, 9.17) is 4.74 Å². The van der Waals surface area contributed by atoms with Crippen LogP contribution in [-0.2, 0) is 9.53 Å². The van der Waals surface area contributed by atoms with E-state index in [1.165, 1.54) is 22.3 Å². The Morgan fingerprint density at radius 3 is 1.96 bits per heavy atom. The highest BCUT2D eigenvalue weighted by Gasteiger charge is 2.39. The Balaban J connectivity index is 1.47. The number of fused-ring (bicyclic) bond motifs is 3. The normalized spacial score (nSPS) is 23.8. The fraction of sp³-hybridized carbons (Fsp3) is 0.391. The molecule has 2 unspecified atom stereocenters. The van der Waals surface area contributed by atoms with Gasteiger partial charge in [-0.1, -0.05) is 62.4 Å². The Hall–Kier alpha value is -2.82. The van der Waals surface area contributed by atoms with Gasteiger partial charge >= 0.3 is 12.1 Å². The first-order valence-electron chi connectivity index (χ1n) is 9.80. The zero-order chi connectivity index (χ0) is 19.8. The molecule has 1 saturated heterocycles. The molecular weight excluding hydrogens is 354 g/mol. The number of hydrogen-bond donors (Lipinski definition) is 1. The van der Waals surface area contributed by atoms with Crippen LogP contribution in [0.4, 0.5) is 4.79 Å². The molecule has 0 bridgehead atoms. The molecule has 1 heterocycles. The Bertz CT molecular complexity index is 851. The minimum Gasteiger partial charge on any atom is -0.481 e. The highest BCUT2D eigenvalue weighted by Crippen LogP contribution is 2.44. The summed E-state index contributed by atoms with van der Waals surface area (Å²) in [5.74, 6) is -1.36. The summed E-state index contributed by atoms with van der Waals surface area (Å²) in [6, 6.07) is 16.5. The summed E-state index contributed by atoms with van der Waals surface area (Å²) in [6.45, 7) is 4.89. The van der Waals surface area contributed by atoms with E-state index in [0.29, 0.717) is 13.1 Å². The molecule has 4 rings (SSSR count). The second-order valence-corrected chi connectivity index (χ2v) is 8.03. The molecular formula is C23H25NO4. The minimum absolute atomic E-state index is 0.0303. The summed E-state index contributed by atoms with van der Waals surface area (Å²) >= 11 is 0. The lowest BCUT2D eigenvalue weighted by Crippen LogP contribution is -2.49. The SMILES string of the molecule is CC1CN(C(=O)OCC2c3ccccc3-c3ccccc32)CC(C)C1C(=O)O. The summed E-state index contributed by atoms with van der Waals surface area (Å²) < 4.78 is 5.71. The van der Waals surface area contributed by atoms with E-state index in [-0.39, 0.29) is 30.5 Å². The first-order valence-corrected chi connectivity index (χ1v) is 9.80. The van der Waals surface area contributed by atoms with E-state index in [2.05, 4.69) is 24.3 Å². The maximum absolute atomic E-state index is 12.7. The Labute approximate surface area is 164 Å². The molecule has 0 radical (unpaired) electrons. The van der Waals surface area contributed by atoms with Crippen molar-refractivity contribution in [3.05, 3.63) is 59.7 Å². The largest absolute Gasteiger partial charge is 0.481 e. The molecule has 0 saturated carbocycles. The molecule has 1 N–H and O–H groups in total. The number of carboxylic acid groups (broad SMARTS) is 1. The van der Waals surface area contributed by atoms with E-state index >= 15 is 0 Å². The van der Waals surface area contributed by atoms with Crippen molar-refractivity contribution in [3.8, 4) is 11.1 Å². The number of aliphatic carboxylic acids is 1. The standard InChI is InChI=1S/C23H25NO4/c1-14-11-24(12-15(2)21(14)22(25)26)23(27)28-13-20-18-9-5-3-7-16(18)17-8-4-6-10-19(17)20/h3-10,14-15,20-21H,11-13H2,1-2H3,(H,25,26). The van der Waals surface area contributed by atoms with Gasteiger partial charge in [0.2, 0.25) is 0 Å². The van der Waals surface area contributed by atoms with Crippen LogP contribution in [0.1, 0.15) is 30.9 Å². The monoisotopic (exact) mass is 379 g/mol. The number of benzene rings is 2. The third-order valence-corrected chi connectivity index (χ3v) is 6.12. The number of nitrogens with zero attached hydrogens (tertiary/aromatic N) is 1. The van der Waals surface area contributed by atoms with Crippen LogP contribution in [0, 0.1) is 17.8 Å². The van der Waals surface area contributed by atoms with Gasteiger partial charge in [0.1, 0.15) is 6.61 Å². The van der Waals surface area contributed by atoms with E-state index in [9.17, 15) is 14.7 Å². The van der Waals surface area contributed by atoms with Crippen molar-refractivity contribution in [2.45, 2.75) is 19.8 Å². The molecule has 5 heteroatoms. The molecule has 2 aromatic rings. The summed E-state index contributed by atoms with van der Waals surface area (Å²) in [7, 11) is 0. The number of rotatable bonds is 3. The first-order chi connectivity index (χ1) is 13.5. The zero-order valence-electron chi connectivity index (χ0n) is 16.2. The number of hydrogen-bond acceptors (Lipinski definition) is 3. The topological polar surface area (TPSA) is 66.8 Å². The Morgan fingerprint density at radius 1 is 0.964 bits per heavy atom.